The molecule has 1 heterocycles. The summed E-state index contributed by atoms with van der Waals surface area (Å²) in [5, 5.41) is 15.9. The molecule has 4 heteroatoms. The number of amides is 1. The molecule has 0 aromatic heterocycles. The molecular formula is C12H22N2O2. The molecule has 0 radical (unpaired) electrons. The molecule has 1 saturated carbocycles. The third-order valence-electron chi connectivity index (χ3n) is 3.78. The molecule has 2 rings (SSSR count). The minimum Gasteiger partial charge on any atom is -0.393 e. The van der Waals surface area contributed by atoms with Gasteiger partial charge in [0.25, 0.3) is 0 Å². The average molecular weight is 226 g/mol. The fraction of sp³-hybridized carbons (Fsp3) is 0.917. The summed E-state index contributed by atoms with van der Waals surface area (Å²) in [7, 11) is 0. The Kier molecular flexibility index (Phi) is 4.18. The van der Waals surface area contributed by atoms with Crippen LogP contribution in [0.1, 0.15) is 38.5 Å². The lowest BCUT2D eigenvalue weighted by Crippen LogP contribution is -2.44. The molecule has 1 aliphatic heterocycles. The summed E-state index contributed by atoms with van der Waals surface area (Å²) < 4.78 is 0. The Morgan fingerprint density at radius 1 is 1.25 bits per heavy atom. The molecular weight excluding hydrogens is 204 g/mol. The van der Waals surface area contributed by atoms with Crippen LogP contribution >= 0.6 is 0 Å². The van der Waals surface area contributed by atoms with Crippen LogP contribution in [0, 0.1) is 5.92 Å². The van der Waals surface area contributed by atoms with Crippen LogP contribution in [0.2, 0.25) is 0 Å². The predicted molar refractivity (Wildman–Crippen MR) is 62.0 cm³/mol. The van der Waals surface area contributed by atoms with E-state index in [1.54, 1.807) is 0 Å². The van der Waals surface area contributed by atoms with Gasteiger partial charge in [0, 0.05) is 12.5 Å². The maximum atomic E-state index is 11.7. The summed E-state index contributed by atoms with van der Waals surface area (Å²) in [5.41, 5.74) is 0. The quantitative estimate of drug-likeness (QED) is 0.653. The molecule has 4 nitrogen and oxygen atoms in total. The second-order valence-electron chi connectivity index (χ2n) is 5.01. The molecule has 0 aromatic rings. The molecule has 1 saturated heterocycles. The molecule has 16 heavy (non-hydrogen) atoms. The normalized spacial score (nSPS) is 34.9. The van der Waals surface area contributed by atoms with Crippen LogP contribution in [0.5, 0.6) is 0 Å². The van der Waals surface area contributed by atoms with Crippen molar-refractivity contribution in [2.75, 3.05) is 13.1 Å². The highest BCUT2D eigenvalue weighted by Gasteiger charge is 2.26. The summed E-state index contributed by atoms with van der Waals surface area (Å²) >= 11 is 0. The third-order valence-corrected chi connectivity index (χ3v) is 3.78. The first kappa shape index (κ1) is 11.9. The molecule has 1 aliphatic carbocycles. The fourth-order valence-electron chi connectivity index (χ4n) is 2.69. The Morgan fingerprint density at radius 3 is 2.75 bits per heavy atom. The van der Waals surface area contributed by atoms with E-state index in [2.05, 4.69) is 10.6 Å². The van der Waals surface area contributed by atoms with Crippen molar-refractivity contribution in [3.63, 3.8) is 0 Å². The topological polar surface area (TPSA) is 61.4 Å². The second-order valence-corrected chi connectivity index (χ2v) is 5.01. The monoisotopic (exact) mass is 226 g/mol. The number of carbonyl (C=O) groups excluding carboxylic acids is 1. The highest BCUT2D eigenvalue weighted by Crippen LogP contribution is 2.23. The molecule has 0 spiro atoms. The van der Waals surface area contributed by atoms with Crippen LogP contribution < -0.4 is 10.6 Å². The van der Waals surface area contributed by atoms with Gasteiger partial charge in [0.05, 0.1) is 12.1 Å². The molecule has 92 valence electrons. The molecule has 1 amide bonds. The van der Waals surface area contributed by atoms with Gasteiger partial charge < -0.3 is 15.7 Å². The van der Waals surface area contributed by atoms with E-state index in [1.807, 2.05) is 0 Å². The summed E-state index contributed by atoms with van der Waals surface area (Å²) in [6, 6.07) is 0.000679. The Morgan fingerprint density at radius 2 is 2.06 bits per heavy atom. The minimum atomic E-state index is -0.217. The van der Waals surface area contributed by atoms with E-state index in [9.17, 15) is 9.90 Å². The maximum Gasteiger partial charge on any atom is 0.237 e. The molecule has 3 N–H and O–H groups in total. The Bertz CT molecular complexity index is 239. The number of aliphatic hydroxyl groups excluding tert-OH is 1. The van der Waals surface area contributed by atoms with Crippen LogP contribution in [-0.4, -0.2) is 36.2 Å². The first-order valence-electron chi connectivity index (χ1n) is 6.46. The Balaban J connectivity index is 1.71. The lowest BCUT2D eigenvalue weighted by Gasteiger charge is -2.28. The van der Waals surface area contributed by atoms with Gasteiger partial charge in [-0.15, -0.1) is 0 Å². The van der Waals surface area contributed by atoms with Gasteiger partial charge in [-0.05, 0) is 32.2 Å². The first-order valence-corrected chi connectivity index (χ1v) is 6.46. The lowest BCUT2D eigenvalue weighted by atomic mass is 9.86. The van der Waals surface area contributed by atoms with Gasteiger partial charge >= 0.3 is 0 Å². The largest absolute Gasteiger partial charge is 0.393 e. The van der Waals surface area contributed by atoms with Gasteiger partial charge in [-0.25, -0.2) is 0 Å². The van der Waals surface area contributed by atoms with Crippen molar-refractivity contribution in [2.24, 2.45) is 5.92 Å². The molecule has 0 bridgehead atoms. The van der Waals surface area contributed by atoms with E-state index in [0.29, 0.717) is 6.54 Å². The smallest absolute Gasteiger partial charge is 0.237 e. The van der Waals surface area contributed by atoms with Crippen molar-refractivity contribution in [3.05, 3.63) is 0 Å². The average Bonchev–Trinajstić information content (AvgIpc) is 2.81. The summed E-state index contributed by atoms with van der Waals surface area (Å²) in [4.78, 5) is 11.7. The number of nitrogens with one attached hydrogen (secondary N) is 2. The first-order chi connectivity index (χ1) is 7.77. The van der Waals surface area contributed by atoms with E-state index in [0.717, 1.165) is 38.6 Å². The Hall–Kier alpha value is -0.610. The van der Waals surface area contributed by atoms with Crippen LogP contribution in [-0.2, 0) is 4.79 Å². The van der Waals surface area contributed by atoms with Gasteiger partial charge in [0.1, 0.15) is 0 Å². The van der Waals surface area contributed by atoms with Crippen molar-refractivity contribution >= 4 is 5.91 Å². The van der Waals surface area contributed by atoms with Crippen molar-refractivity contribution < 1.29 is 9.90 Å². The zero-order valence-corrected chi connectivity index (χ0v) is 9.74. The second kappa shape index (κ2) is 5.64. The highest BCUT2D eigenvalue weighted by atomic mass is 16.3. The van der Waals surface area contributed by atoms with E-state index in [4.69, 9.17) is 0 Å². The SMILES string of the molecule is O=C(NCC1CCCCC1O)C1CCCN1. The van der Waals surface area contributed by atoms with Crippen molar-refractivity contribution in [1.29, 1.82) is 0 Å². The lowest BCUT2D eigenvalue weighted by molar-refractivity contribution is -0.123. The molecule has 2 fully saturated rings. The Labute approximate surface area is 96.8 Å². The number of hydrogen-bond donors (Lipinski definition) is 3. The van der Waals surface area contributed by atoms with Gasteiger partial charge in [-0.2, -0.15) is 0 Å². The number of aliphatic hydroxyl groups is 1. The fourth-order valence-corrected chi connectivity index (χ4v) is 2.69. The van der Waals surface area contributed by atoms with Gasteiger partial charge in [-0.1, -0.05) is 12.8 Å². The minimum absolute atomic E-state index is 0.000679. The van der Waals surface area contributed by atoms with E-state index in [1.165, 1.54) is 6.42 Å². The number of rotatable bonds is 3. The van der Waals surface area contributed by atoms with E-state index in [-0.39, 0.29) is 24.0 Å². The van der Waals surface area contributed by atoms with Crippen molar-refractivity contribution in [2.45, 2.75) is 50.7 Å². The van der Waals surface area contributed by atoms with Crippen LogP contribution in [0.15, 0.2) is 0 Å². The van der Waals surface area contributed by atoms with Gasteiger partial charge in [0.15, 0.2) is 0 Å². The maximum absolute atomic E-state index is 11.7. The summed E-state index contributed by atoms with van der Waals surface area (Å²) in [6.07, 6.45) is 6.05. The summed E-state index contributed by atoms with van der Waals surface area (Å²) in [6.45, 7) is 1.59. The molecule has 3 atom stereocenters. The molecule has 0 aromatic carbocycles. The van der Waals surface area contributed by atoms with Crippen LogP contribution in [0.25, 0.3) is 0 Å². The third kappa shape index (κ3) is 2.95. The van der Waals surface area contributed by atoms with Crippen molar-refractivity contribution in [1.82, 2.24) is 10.6 Å². The van der Waals surface area contributed by atoms with Crippen LogP contribution in [0.3, 0.4) is 0 Å². The molecule has 3 unspecified atom stereocenters. The zero-order valence-electron chi connectivity index (χ0n) is 9.74. The standard InChI is InChI=1S/C12H22N2O2/c15-11-6-2-1-4-9(11)8-14-12(16)10-5-3-7-13-10/h9-11,13,15H,1-8H2,(H,14,16). The molecule has 2 aliphatic rings. The van der Waals surface area contributed by atoms with E-state index >= 15 is 0 Å². The van der Waals surface area contributed by atoms with Crippen LogP contribution in [0.4, 0.5) is 0 Å². The van der Waals surface area contributed by atoms with Gasteiger partial charge in [-0.3, -0.25) is 4.79 Å². The van der Waals surface area contributed by atoms with Crippen molar-refractivity contribution in [3.8, 4) is 0 Å². The van der Waals surface area contributed by atoms with Gasteiger partial charge in [0.2, 0.25) is 5.91 Å². The summed E-state index contributed by atoms with van der Waals surface area (Å²) in [5.74, 6) is 0.370. The number of hydrogen-bond acceptors (Lipinski definition) is 3. The highest BCUT2D eigenvalue weighted by molar-refractivity contribution is 5.81. The predicted octanol–water partition coefficient (Wildman–Crippen LogP) is 0.406. The van der Waals surface area contributed by atoms with E-state index < -0.39 is 0 Å². The zero-order chi connectivity index (χ0) is 11.4. The number of carbonyl (C=O) groups is 1.